The predicted octanol–water partition coefficient (Wildman–Crippen LogP) is 3.42. The van der Waals surface area contributed by atoms with E-state index in [0.717, 1.165) is 18.0 Å². The summed E-state index contributed by atoms with van der Waals surface area (Å²) in [5.41, 5.74) is 1.41. The topological polar surface area (TPSA) is 15.3 Å². The second kappa shape index (κ2) is 5.22. The largest absolute Gasteiger partial charge is 0.366 e. The van der Waals surface area contributed by atoms with E-state index in [4.69, 9.17) is 0 Å². The fraction of sp³-hybridized carbons (Fsp3) is 0.600. The molecule has 2 bridgehead atoms. The van der Waals surface area contributed by atoms with Gasteiger partial charge in [0, 0.05) is 22.2 Å². The van der Waals surface area contributed by atoms with Crippen molar-refractivity contribution in [2.45, 2.75) is 37.8 Å². The van der Waals surface area contributed by atoms with E-state index in [2.05, 4.69) is 57.5 Å². The smallest absolute Gasteiger partial charge is 0.0371 e. The predicted molar refractivity (Wildman–Crippen MR) is 80.1 cm³/mol. The first kappa shape index (κ1) is 12.5. The minimum Gasteiger partial charge on any atom is -0.366 e. The van der Waals surface area contributed by atoms with Gasteiger partial charge in [0.1, 0.15) is 0 Å². The number of fused-ring (bicyclic) bond motifs is 2. The summed E-state index contributed by atoms with van der Waals surface area (Å²) in [6.45, 7) is 1.18. The van der Waals surface area contributed by atoms with Crippen molar-refractivity contribution in [1.82, 2.24) is 5.32 Å². The van der Waals surface area contributed by atoms with Gasteiger partial charge in [0.25, 0.3) is 0 Å². The number of benzene rings is 1. The summed E-state index contributed by atoms with van der Waals surface area (Å²) in [7, 11) is 2.07. The molecule has 0 radical (unpaired) electrons. The Morgan fingerprint density at radius 3 is 2.33 bits per heavy atom. The van der Waals surface area contributed by atoms with Crippen LogP contribution in [0.5, 0.6) is 0 Å². The van der Waals surface area contributed by atoms with Crippen molar-refractivity contribution in [3.05, 3.63) is 28.7 Å². The van der Waals surface area contributed by atoms with E-state index >= 15 is 0 Å². The quantitative estimate of drug-likeness (QED) is 0.920. The molecule has 2 heterocycles. The summed E-state index contributed by atoms with van der Waals surface area (Å²) in [4.78, 5) is 2.68. The molecule has 3 heteroatoms. The average Bonchev–Trinajstić information content (AvgIpc) is 2.63. The fourth-order valence-electron chi connectivity index (χ4n) is 3.78. The summed E-state index contributed by atoms with van der Waals surface area (Å²) < 4.78 is 1.17. The highest BCUT2D eigenvalue weighted by Gasteiger charge is 2.40. The summed E-state index contributed by atoms with van der Waals surface area (Å²) in [5, 5.41) is 3.34. The number of halogens is 1. The van der Waals surface area contributed by atoms with Crippen LogP contribution in [0.15, 0.2) is 28.7 Å². The molecule has 0 aromatic heterocycles. The third-order valence-electron chi connectivity index (χ3n) is 4.45. The number of piperidine rings is 1. The standard InChI is InChI=1S/C15H21BrN2/c1-17-10-11-8-14-6-7-15(9-11)18(14)13-4-2-12(16)3-5-13/h2-5,11,14-15,17H,6-10H2,1H3. The monoisotopic (exact) mass is 308 g/mol. The number of hydrogen-bond acceptors (Lipinski definition) is 2. The highest BCUT2D eigenvalue weighted by atomic mass is 79.9. The Morgan fingerprint density at radius 1 is 1.17 bits per heavy atom. The lowest BCUT2D eigenvalue weighted by Gasteiger charge is -2.40. The Bertz CT molecular complexity index is 389. The Kier molecular flexibility index (Phi) is 3.62. The number of nitrogens with one attached hydrogen (secondary N) is 1. The molecule has 2 nitrogen and oxygen atoms in total. The minimum atomic E-state index is 0.767. The van der Waals surface area contributed by atoms with E-state index in [1.165, 1.54) is 42.4 Å². The Balaban J connectivity index is 1.77. The van der Waals surface area contributed by atoms with Crippen LogP contribution in [0.4, 0.5) is 5.69 Å². The zero-order valence-corrected chi connectivity index (χ0v) is 12.5. The molecule has 2 saturated heterocycles. The number of anilines is 1. The van der Waals surface area contributed by atoms with Crippen molar-refractivity contribution in [3.8, 4) is 0 Å². The molecule has 0 aliphatic carbocycles. The molecule has 0 amide bonds. The van der Waals surface area contributed by atoms with E-state index < -0.39 is 0 Å². The van der Waals surface area contributed by atoms with Crippen molar-refractivity contribution in [2.24, 2.45) is 5.92 Å². The van der Waals surface area contributed by atoms with Crippen LogP contribution >= 0.6 is 15.9 Å². The van der Waals surface area contributed by atoms with Gasteiger partial charge in [0.05, 0.1) is 0 Å². The van der Waals surface area contributed by atoms with Crippen LogP contribution in [0.2, 0.25) is 0 Å². The van der Waals surface area contributed by atoms with E-state index in [1.54, 1.807) is 0 Å². The molecule has 1 aromatic rings. The van der Waals surface area contributed by atoms with E-state index in [0.29, 0.717) is 0 Å². The summed E-state index contributed by atoms with van der Waals surface area (Å²) >= 11 is 3.52. The Labute approximate surface area is 118 Å². The molecule has 18 heavy (non-hydrogen) atoms. The second-order valence-corrected chi connectivity index (χ2v) is 6.58. The molecule has 2 fully saturated rings. The molecule has 0 saturated carbocycles. The molecule has 1 aromatic carbocycles. The van der Waals surface area contributed by atoms with Gasteiger partial charge in [-0.05, 0) is 69.5 Å². The third kappa shape index (κ3) is 2.30. The lowest BCUT2D eigenvalue weighted by molar-refractivity contribution is 0.333. The minimum absolute atomic E-state index is 0.767. The van der Waals surface area contributed by atoms with Gasteiger partial charge >= 0.3 is 0 Å². The normalized spacial score (nSPS) is 30.8. The van der Waals surface area contributed by atoms with Crippen LogP contribution in [0.25, 0.3) is 0 Å². The molecule has 1 N–H and O–H groups in total. The third-order valence-corrected chi connectivity index (χ3v) is 4.98. The molecule has 2 aliphatic rings. The molecule has 98 valence electrons. The molecular formula is C15H21BrN2. The first-order chi connectivity index (χ1) is 8.78. The lowest BCUT2D eigenvalue weighted by Crippen LogP contribution is -2.44. The van der Waals surface area contributed by atoms with Gasteiger partial charge in [-0.25, -0.2) is 0 Å². The van der Waals surface area contributed by atoms with Gasteiger partial charge in [0.15, 0.2) is 0 Å². The highest BCUT2D eigenvalue weighted by Crippen LogP contribution is 2.41. The van der Waals surface area contributed by atoms with Gasteiger partial charge in [-0.15, -0.1) is 0 Å². The second-order valence-electron chi connectivity index (χ2n) is 5.66. The van der Waals surface area contributed by atoms with Gasteiger partial charge < -0.3 is 10.2 Å². The number of nitrogens with zero attached hydrogens (tertiary/aromatic N) is 1. The molecule has 2 unspecified atom stereocenters. The van der Waals surface area contributed by atoms with Crippen LogP contribution in [-0.2, 0) is 0 Å². The van der Waals surface area contributed by atoms with E-state index in [1.807, 2.05) is 0 Å². The molecule has 3 rings (SSSR count). The lowest BCUT2D eigenvalue weighted by atomic mass is 9.90. The number of hydrogen-bond donors (Lipinski definition) is 1. The van der Waals surface area contributed by atoms with Crippen molar-refractivity contribution in [1.29, 1.82) is 0 Å². The SMILES string of the molecule is CNCC1CC2CCC(C1)N2c1ccc(Br)cc1. The maximum absolute atomic E-state index is 3.52. The Hall–Kier alpha value is -0.540. The molecular weight excluding hydrogens is 288 g/mol. The van der Waals surface area contributed by atoms with Gasteiger partial charge in [0.2, 0.25) is 0 Å². The molecule has 2 atom stereocenters. The first-order valence-electron chi connectivity index (χ1n) is 6.96. The van der Waals surface area contributed by atoms with Crippen LogP contribution in [0.3, 0.4) is 0 Å². The average molecular weight is 309 g/mol. The van der Waals surface area contributed by atoms with Crippen LogP contribution in [-0.4, -0.2) is 25.7 Å². The van der Waals surface area contributed by atoms with E-state index in [9.17, 15) is 0 Å². The highest BCUT2D eigenvalue weighted by molar-refractivity contribution is 9.10. The number of rotatable bonds is 3. The van der Waals surface area contributed by atoms with Gasteiger partial charge in [-0.1, -0.05) is 15.9 Å². The molecule has 0 spiro atoms. The maximum atomic E-state index is 3.52. The fourth-order valence-corrected chi connectivity index (χ4v) is 4.04. The Morgan fingerprint density at radius 2 is 1.78 bits per heavy atom. The summed E-state index contributed by atoms with van der Waals surface area (Å²) in [5.74, 6) is 0.874. The van der Waals surface area contributed by atoms with Crippen molar-refractivity contribution < 1.29 is 0 Å². The summed E-state index contributed by atoms with van der Waals surface area (Å²) in [6.07, 6.45) is 5.46. The summed E-state index contributed by atoms with van der Waals surface area (Å²) in [6, 6.07) is 10.4. The van der Waals surface area contributed by atoms with Crippen molar-refractivity contribution in [2.75, 3.05) is 18.5 Å². The molecule has 2 aliphatic heterocycles. The van der Waals surface area contributed by atoms with E-state index in [-0.39, 0.29) is 0 Å². The zero-order valence-electron chi connectivity index (χ0n) is 10.9. The van der Waals surface area contributed by atoms with Gasteiger partial charge in [-0.3, -0.25) is 0 Å². The maximum Gasteiger partial charge on any atom is 0.0371 e. The first-order valence-corrected chi connectivity index (χ1v) is 7.75. The van der Waals surface area contributed by atoms with Crippen LogP contribution in [0, 0.1) is 5.92 Å². The van der Waals surface area contributed by atoms with Gasteiger partial charge in [-0.2, -0.15) is 0 Å². The van der Waals surface area contributed by atoms with Crippen molar-refractivity contribution in [3.63, 3.8) is 0 Å². The van der Waals surface area contributed by atoms with Crippen LogP contribution < -0.4 is 10.2 Å². The zero-order chi connectivity index (χ0) is 12.5. The van der Waals surface area contributed by atoms with Crippen LogP contribution in [0.1, 0.15) is 25.7 Å². The van der Waals surface area contributed by atoms with Crippen molar-refractivity contribution >= 4 is 21.6 Å².